The Morgan fingerprint density at radius 2 is 2.25 bits per heavy atom. The number of hydrogen-bond acceptors (Lipinski definition) is 3. The fraction of sp³-hybridized carbons (Fsp3) is 0.733. The van der Waals surface area contributed by atoms with Gasteiger partial charge in [0, 0.05) is 31.9 Å². The van der Waals surface area contributed by atoms with Gasteiger partial charge in [-0.1, -0.05) is 19.3 Å². The Labute approximate surface area is 119 Å². The van der Waals surface area contributed by atoms with Crippen LogP contribution in [0.4, 0.5) is 0 Å². The quantitative estimate of drug-likeness (QED) is 0.874. The highest BCUT2D eigenvalue weighted by atomic mass is 16.3. The summed E-state index contributed by atoms with van der Waals surface area (Å²) in [7, 11) is 0. The predicted octanol–water partition coefficient (Wildman–Crippen LogP) is 1.26. The molecule has 1 fully saturated rings. The lowest BCUT2D eigenvalue weighted by Gasteiger charge is -2.31. The van der Waals surface area contributed by atoms with Crippen molar-refractivity contribution >= 4 is 5.91 Å². The first-order valence-corrected chi connectivity index (χ1v) is 7.68. The monoisotopic (exact) mass is 277 g/mol. The lowest BCUT2D eigenvalue weighted by atomic mass is 9.84. The maximum Gasteiger partial charge on any atom is 0.251 e. The Morgan fingerprint density at radius 1 is 1.45 bits per heavy atom. The maximum absolute atomic E-state index is 12.2. The van der Waals surface area contributed by atoms with Crippen molar-refractivity contribution in [2.45, 2.75) is 57.1 Å². The summed E-state index contributed by atoms with van der Waals surface area (Å²) in [5.41, 5.74) is -1.12. The molecule has 110 valence electrons. The number of aromatic nitrogens is 2. The van der Waals surface area contributed by atoms with Crippen LogP contribution >= 0.6 is 0 Å². The van der Waals surface area contributed by atoms with Gasteiger partial charge in [0.1, 0.15) is 11.4 Å². The van der Waals surface area contributed by atoms with E-state index in [0.717, 1.165) is 44.5 Å². The van der Waals surface area contributed by atoms with Crippen LogP contribution in [0, 0.1) is 5.92 Å². The Morgan fingerprint density at radius 3 is 3.05 bits per heavy atom. The molecule has 0 radical (unpaired) electrons. The summed E-state index contributed by atoms with van der Waals surface area (Å²) in [6, 6.07) is 0. The molecule has 2 N–H and O–H groups in total. The van der Waals surface area contributed by atoms with Gasteiger partial charge >= 0.3 is 0 Å². The number of rotatable bonds is 3. The minimum atomic E-state index is -1.12. The van der Waals surface area contributed by atoms with Crippen LogP contribution in [0.2, 0.25) is 0 Å². The molecular weight excluding hydrogens is 254 g/mol. The van der Waals surface area contributed by atoms with E-state index >= 15 is 0 Å². The number of hydrogen-bond donors (Lipinski definition) is 2. The summed E-state index contributed by atoms with van der Waals surface area (Å²) in [5.74, 6) is 1.40. The summed E-state index contributed by atoms with van der Waals surface area (Å²) in [6.07, 6.45) is 10.1. The minimum absolute atomic E-state index is 0.173. The number of nitrogens with zero attached hydrogens (tertiary/aromatic N) is 2. The Balaban J connectivity index is 1.51. The second-order valence-electron chi connectivity index (χ2n) is 6.20. The molecule has 1 aliphatic heterocycles. The van der Waals surface area contributed by atoms with Gasteiger partial charge in [0.15, 0.2) is 0 Å². The lowest BCUT2D eigenvalue weighted by Crippen LogP contribution is -2.49. The topological polar surface area (TPSA) is 67.2 Å². The van der Waals surface area contributed by atoms with Gasteiger partial charge in [-0.05, 0) is 25.2 Å². The molecule has 1 unspecified atom stereocenters. The van der Waals surface area contributed by atoms with E-state index in [4.69, 9.17) is 0 Å². The molecule has 0 saturated heterocycles. The van der Waals surface area contributed by atoms with E-state index < -0.39 is 5.60 Å². The zero-order valence-corrected chi connectivity index (χ0v) is 11.8. The number of aliphatic hydroxyl groups is 1. The number of imidazole rings is 1. The number of carbonyl (C=O) groups is 1. The molecule has 2 aliphatic rings. The summed E-state index contributed by atoms with van der Waals surface area (Å²) in [4.78, 5) is 16.5. The van der Waals surface area contributed by atoms with Crippen molar-refractivity contribution in [2.75, 3.05) is 6.54 Å². The second-order valence-corrected chi connectivity index (χ2v) is 6.20. The van der Waals surface area contributed by atoms with Crippen LogP contribution in [0.25, 0.3) is 0 Å². The van der Waals surface area contributed by atoms with Crippen LogP contribution in [-0.4, -0.2) is 32.7 Å². The summed E-state index contributed by atoms with van der Waals surface area (Å²) < 4.78 is 2.16. The van der Waals surface area contributed by atoms with Gasteiger partial charge in [-0.3, -0.25) is 4.79 Å². The van der Waals surface area contributed by atoms with E-state index in [0.29, 0.717) is 25.3 Å². The van der Waals surface area contributed by atoms with E-state index in [9.17, 15) is 9.90 Å². The van der Waals surface area contributed by atoms with Crippen molar-refractivity contribution in [3.05, 3.63) is 18.2 Å². The molecule has 1 atom stereocenters. The van der Waals surface area contributed by atoms with Crippen molar-refractivity contribution in [1.29, 1.82) is 0 Å². The number of aryl methyl sites for hydroxylation is 1. The van der Waals surface area contributed by atoms with Gasteiger partial charge in [-0.15, -0.1) is 0 Å². The van der Waals surface area contributed by atoms with Gasteiger partial charge in [0.2, 0.25) is 0 Å². The first kappa shape index (κ1) is 13.6. The van der Waals surface area contributed by atoms with Crippen LogP contribution < -0.4 is 5.32 Å². The van der Waals surface area contributed by atoms with E-state index in [2.05, 4.69) is 14.9 Å². The summed E-state index contributed by atoms with van der Waals surface area (Å²) in [6.45, 7) is 1.56. The molecule has 1 aromatic heterocycles. The van der Waals surface area contributed by atoms with Crippen molar-refractivity contribution < 1.29 is 9.90 Å². The van der Waals surface area contributed by atoms with Gasteiger partial charge in [-0.2, -0.15) is 0 Å². The molecule has 5 nitrogen and oxygen atoms in total. The number of amides is 1. The van der Waals surface area contributed by atoms with Crippen molar-refractivity contribution in [1.82, 2.24) is 14.9 Å². The zero-order chi connectivity index (χ0) is 14.0. The average molecular weight is 277 g/mol. The first-order chi connectivity index (χ1) is 9.67. The molecule has 2 heterocycles. The van der Waals surface area contributed by atoms with Gasteiger partial charge < -0.3 is 15.0 Å². The van der Waals surface area contributed by atoms with Crippen molar-refractivity contribution in [3.8, 4) is 0 Å². The third-order valence-corrected chi connectivity index (χ3v) is 4.69. The molecule has 0 spiro atoms. The standard InChI is InChI=1S/C15H23N3O2/c19-14(15(20)6-2-1-3-7-15)17-10-12-4-5-13-16-8-9-18(13)11-12/h8-9,12,20H,1-7,10-11H2,(H,17,19). The first-order valence-electron chi connectivity index (χ1n) is 7.68. The Bertz CT molecular complexity index is 477. The number of carbonyl (C=O) groups excluding carboxylic acids is 1. The molecule has 3 rings (SSSR count). The molecule has 0 bridgehead atoms. The SMILES string of the molecule is O=C(NCC1CCc2nccn2C1)C1(O)CCCCC1. The Kier molecular flexibility index (Phi) is 3.78. The average Bonchev–Trinajstić information content (AvgIpc) is 2.93. The van der Waals surface area contributed by atoms with Gasteiger partial charge in [0.05, 0.1) is 0 Å². The summed E-state index contributed by atoms with van der Waals surface area (Å²) in [5, 5.41) is 13.3. The number of nitrogens with one attached hydrogen (secondary N) is 1. The fourth-order valence-electron chi connectivity index (χ4n) is 3.37. The largest absolute Gasteiger partial charge is 0.380 e. The van der Waals surface area contributed by atoms with E-state index in [-0.39, 0.29) is 5.91 Å². The minimum Gasteiger partial charge on any atom is -0.380 e. The van der Waals surface area contributed by atoms with Crippen LogP contribution in [0.1, 0.15) is 44.3 Å². The molecule has 1 aromatic rings. The highest BCUT2D eigenvalue weighted by Crippen LogP contribution is 2.28. The third kappa shape index (κ3) is 2.73. The molecule has 1 aliphatic carbocycles. The molecule has 20 heavy (non-hydrogen) atoms. The third-order valence-electron chi connectivity index (χ3n) is 4.69. The van der Waals surface area contributed by atoms with Gasteiger partial charge in [-0.25, -0.2) is 4.98 Å². The van der Waals surface area contributed by atoms with E-state index in [1.54, 1.807) is 0 Å². The second kappa shape index (κ2) is 5.56. The van der Waals surface area contributed by atoms with Gasteiger partial charge in [0.25, 0.3) is 5.91 Å². The smallest absolute Gasteiger partial charge is 0.251 e. The van der Waals surface area contributed by atoms with E-state index in [1.165, 1.54) is 0 Å². The molecule has 0 aromatic carbocycles. The molecule has 1 amide bonds. The zero-order valence-electron chi connectivity index (χ0n) is 11.8. The van der Waals surface area contributed by atoms with Crippen LogP contribution in [0.15, 0.2) is 12.4 Å². The van der Waals surface area contributed by atoms with Crippen LogP contribution in [0.3, 0.4) is 0 Å². The highest BCUT2D eigenvalue weighted by molar-refractivity contribution is 5.84. The Hall–Kier alpha value is -1.36. The van der Waals surface area contributed by atoms with E-state index in [1.807, 2.05) is 12.4 Å². The number of fused-ring (bicyclic) bond motifs is 1. The molecule has 5 heteroatoms. The van der Waals surface area contributed by atoms with Crippen LogP contribution in [-0.2, 0) is 17.8 Å². The molecule has 1 saturated carbocycles. The van der Waals surface area contributed by atoms with Crippen LogP contribution in [0.5, 0.6) is 0 Å². The van der Waals surface area contributed by atoms with Crippen molar-refractivity contribution in [2.24, 2.45) is 5.92 Å². The fourth-order valence-corrected chi connectivity index (χ4v) is 3.37. The van der Waals surface area contributed by atoms with Crippen molar-refractivity contribution in [3.63, 3.8) is 0 Å². The normalized spacial score (nSPS) is 24.9. The molecular formula is C15H23N3O2. The maximum atomic E-state index is 12.2. The lowest BCUT2D eigenvalue weighted by molar-refractivity contribution is -0.143. The predicted molar refractivity (Wildman–Crippen MR) is 75.1 cm³/mol. The highest BCUT2D eigenvalue weighted by Gasteiger charge is 2.37. The summed E-state index contributed by atoms with van der Waals surface area (Å²) >= 11 is 0.